The van der Waals surface area contributed by atoms with E-state index in [9.17, 15) is 0 Å². The van der Waals surface area contributed by atoms with Crippen molar-refractivity contribution in [3.8, 4) is 0 Å². The first-order chi connectivity index (χ1) is 14.3. The average Bonchev–Trinajstić information content (AvgIpc) is 3.35. The van der Waals surface area contributed by atoms with Crippen LogP contribution in [0.3, 0.4) is 0 Å². The van der Waals surface area contributed by atoms with Gasteiger partial charge in [-0.05, 0) is 0 Å². The summed E-state index contributed by atoms with van der Waals surface area (Å²) in [4.78, 5) is 0. The van der Waals surface area contributed by atoms with E-state index in [-0.39, 0.29) is 24.8 Å². The number of benzene rings is 2. The first kappa shape index (κ1) is 25.6. The molecule has 0 bridgehead atoms. The number of hydrogen-bond acceptors (Lipinski definition) is 0. The summed E-state index contributed by atoms with van der Waals surface area (Å²) in [7, 11) is 0. The van der Waals surface area contributed by atoms with Crippen LogP contribution in [0.15, 0.2) is 115 Å². The van der Waals surface area contributed by atoms with Crippen molar-refractivity contribution in [2.75, 3.05) is 0 Å². The van der Waals surface area contributed by atoms with Crippen molar-refractivity contribution in [1.29, 1.82) is 0 Å². The van der Waals surface area contributed by atoms with Gasteiger partial charge >= 0.3 is 187 Å². The Kier molecular flexibility index (Phi) is 10.2. The van der Waals surface area contributed by atoms with Gasteiger partial charge in [0, 0.05) is 0 Å². The van der Waals surface area contributed by atoms with E-state index < -0.39 is 23.2 Å². The van der Waals surface area contributed by atoms with Crippen molar-refractivity contribution in [3.63, 3.8) is 0 Å². The first-order valence-electron chi connectivity index (χ1n) is 10.5. The van der Waals surface area contributed by atoms with E-state index in [2.05, 4.69) is 111 Å². The van der Waals surface area contributed by atoms with Gasteiger partial charge in [0.25, 0.3) is 0 Å². The predicted octanol–water partition coefficient (Wildman–Crippen LogP) is 1.71. The third-order valence-electron chi connectivity index (χ3n) is 5.24. The molecule has 0 radical (unpaired) electrons. The van der Waals surface area contributed by atoms with Crippen LogP contribution < -0.4 is 24.8 Å². The molecule has 4 rings (SSSR count). The zero-order valence-electron chi connectivity index (χ0n) is 17.9. The Hall–Kier alpha value is -1.66. The van der Waals surface area contributed by atoms with E-state index in [1.807, 2.05) is 0 Å². The Bertz CT molecular complexity index is 981. The molecule has 0 aromatic heterocycles. The molecule has 0 saturated heterocycles. The van der Waals surface area contributed by atoms with E-state index in [0.717, 1.165) is 12.8 Å². The first-order valence-corrected chi connectivity index (χ1v) is 12.9. The fourth-order valence-electron chi connectivity index (χ4n) is 3.89. The van der Waals surface area contributed by atoms with E-state index in [4.69, 9.17) is 0 Å². The van der Waals surface area contributed by atoms with Crippen LogP contribution in [0.5, 0.6) is 0 Å². The molecule has 0 amide bonds. The minimum absolute atomic E-state index is 0. The molecular weight excluding hydrogens is 498 g/mol. The molecule has 0 N–H and O–H groups in total. The van der Waals surface area contributed by atoms with Gasteiger partial charge < -0.3 is 24.8 Å². The Morgan fingerprint density at radius 3 is 1.32 bits per heavy atom. The molecule has 2 aromatic carbocycles. The summed E-state index contributed by atoms with van der Waals surface area (Å²) in [5.74, 6) is 0. The van der Waals surface area contributed by atoms with Gasteiger partial charge in [0.1, 0.15) is 0 Å². The molecule has 0 nitrogen and oxygen atoms in total. The van der Waals surface area contributed by atoms with Crippen LogP contribution in [-0.4, -0.2) is 0 Å². The molecular formula is C28H26Cl2Zr. The fraction of sp³-hybridized carbons (Fsp3) is 0.143. The quantitative estimate of drug-likeness (QED) is 0.540. The van der Waals surface area contributed by atoms with Gasteiger partial charge in [-0.15, -0.1) is 0 Å². The van der Waals surface area contributed by atoms with Crippen LogP contribution in [0.25, 0.3) is 11.1 Å². The minimum Gasteiger partial charge on any atom is -1.00 e. The van der Waals surface area contributed by atoms with Crippen LogP contribution >= 0.6 is 0 Å². The third-order valence-corrected chi connectivity index (χ3v) is 9.22. The van der Waals surface area contributed by atoms with Crippen LogP contribution in [0, 0.1) is 0 Å². The third kappa shape index (κ3) is 5.78. The monoisotopic (exact) mass is 522 g/mol. The molecule has 31 heavy (non-hydrogen) atoms. The molecule has 3 heteroatoms. The number of allylic oxidation sites excluding steroid dienone is 12. The molecule has 2 aliphatic rings. The van der Waals surface area contributed by atoms with Crippen LogP contribution in [0.4, 0.5) is 0 Å². The van der Waals surface area contributed by atoms with Gasteiger partial charge in [-0.3, -0.25) is 0 Å². The zero-order valence-corrected chi connectivity index (χ0v) is 21.9. The van der Waals surface area contributed by atoms with E-state index in [1.165, 1.54) is 33.4 Å². The molecule has 0 saturated carbocycles. The summed E-state index contributed by atoms with van der Waals surface area (Å²) < 4.78 is 3.21. The smallest absolute Gasteiger partial charge is 1.00 e. The molecule has 0 spiro atoms. The van der Waals surface area contributed by atoms with Crippen molar-refractivity contribution >= 4 is 11.1 Å². The van der Waals surface area contributed by atoms with E-state index >= 15 is 0 Å². The van der Waals surface area contributed by atoms with Crippen molar-refractivity contribution in [2.24, 2.45) is 0 Å². The van der Waals surface area contributed by atoms with Gasteiger partial charge in [0.2, 0.25) is 0 Å². The van der Waals surface area contributed by atoms with Gasteiger partial charge in [0.05, 0.1) is 0 Å². The normalized spacial score (nSPS) is 17.2. The number of hydrogen-bond donors (Lipinski definition) is 0. The number of rotatable bonds is 6. The summed E-state index contributed by atoms with van der Waals surface area (Å²) in [6.45, 7) is 4.47. The second-order valence-corrected chi connectivity index (χ2v) is 10.3. The average molecular weight is 525 g/mol. The minimum atomic E-state index is -1.02. The molecule has 156 valence electrons. The molecule has 0 heterocycles. The maximum Gasteiger partial charge on any atom is -1.00 e. The van der Waals surface area contributed by atoms with Gasteiger partial charge in [-0.2, -0.15) is 0 Å². The Morgan fingerprint density at radius 2 is 0.968 bits per heavy atom. The summed E-state index contributed by atoms with van der Waals surface area (Å²) in [5, 5.41) is 0. The Balaban J connectivity index is 0.00000171. The molecule has 2 aromatic rings. The second-order valence-electron chi connectivity index (χ2n) is 7.24. The maximum absolute atomic E-state index is 2.40. The molecule has 0 atom stereocenters. The molecule has 0 unspecified atom stereocenters. The van der Waals surface area contributed by atoms with Crippen molar-refractivity contribution in [3.05, 3.63) is 126 Å². The summed E-state index contributed by atoms with van der Waals surface area (Å²) in [5.41, 5.74) is 8.43. The van der Waals surface area contributed by atoms with E-state index in [1.54, 1.807) is 6.56 Å². The van der Waals surface area contributed by atoms with E-state index in [0.29, 0.717) is 0 Å². The predicted molar refractivity (Wildman–Crippen MR) is 122 cm³/mol. The number of halogens is 2. The van der Waals surface area contributed by atoms with Crippen molar-refractivity contribution in [1.82, 2.24) is 0 Å². The van der Waals surface area contributed by atoms with Crippen LogP contribution in [0.1, 0.15) is 37.8 Å². The Labute approximate surface area is 210 Å². The van der Waals surface area contributed by atoms with Crippen LogP contribution in [-0.2, 0) is 23.2 Å². The van der Waals surface area contributed by atoms with Crippen molar-refractivity contribution in [2.45, 2.75) is 26.7 Å². The molecule has 2 aliphatic carbocycles. The van der Waals surface area contributed by atoms with Crippen molar-refractivity contribution < 1.29 is 48.0 Å². The Morgan fingerprint density at radius 1 is 0.581 bits per heavy atom. The fourth-order valence-corrected chi connectivity index (χ4v) is 7.91. The summed E-state index contributed by atoms with van der Waals surface area (Å²) in [6.07, 6.45) is 16.3. The molecule has 0 fully saturated rings. The molecule has 0 aliphatic heterocycles. The zero-order chi connectivity index (χ0) is 20.1. The topological polar surface area (TPSA) is 0 Å². The van der Waals surface area contributed by atoms with Gasteiger partial charge in [-0.25, -0.2) is 0 Å². The standard InChI is InChI=1S/2C14H13.2ClH.Zr/c2*1-2-6-12-9-10-14(11-12)13-7-4-3-5-8-13;;;/h2*3-10H,2H2,1H3;2*1H;/q;;;;+2/p-2. The summed E-state index contributed by atoms with van der Waals surface area (Å²) in [6, 6.07) is 21.8. The maximum atomic E-state index is 2.40. The van der Waals surface area contributed by atoms with Gasteiger partial charge in [0.15, 0.2) is 0 Å². The SMILES string of the molecule is CCC=C1C=CC(c2ccccc2)=[C]1[Zr+2][C]1=C(c2ccccc2)C=CC1=CCC.[Cl-].[Cl-]. The van der Waals surface area contributed by atoms with Crippen LogP contribution in [0.2, 0.25) is 0 Å². The van der Waals surface area contributed by atoms with Gasteiger partial charge in [-0.1, -0.05) is 0 Å². The summed E-state index contributed by atoms with van der Waals surface area (Å²) >= 11 is -1.02. The largest absolute Gasteiger partial charge is 1.00 e. The second kappa shape index (κ2) is 12.4.